The van der Waals surface area contributed by atoms with Gasteiger partial charge in [-0.25, -0.2) is 0 Å². The van der Waals surface area contributed by atoms with E-state index in [0.717, 1.165) is 52.0 Å². The van der Waals surface area contributed by atoms with E-state index in [2.05, 4.69) is 27.6 Å². The highest BCUT2D eigenvalue weighted by Crippen LogP contribution is 2.42. The number of allylic oxidation sites excluding steroid dienone is 4. The number of nitriles is 1. The maximum atomic E-state index is 12.6. The molecule has 1 aromatic carbocycles. The van der Waals surface area contributed by atoms with Crippen LogP contribution in [-0.4, -0.2) is 16.0 Å². The van der Waals surface area contributed by atoms with Gasteiger partial charge in [-0.15, -0.1) is 0 Å². The molecule has 5 heteroatoms. The molecule has 1 aliphatic carbocycles. The average molecular weight is 318 g/mol. The minimum atomic E-state index is -0.280. The highest BCUT2D eigenvalue weighted by molar-refractivity contribution is 6.00. The molecule has 0 radical (unpaired) electrons. The number of carbonyl (C=O) groups excluding carboxylic acids is 1. The van der Waals surface area contributed by atoms with Crippen LogP contribution in [0.4, 0.5) is 0 Å². The molecule has 0 saturated carbocycles. The van der Waals surface area contributed by atoms with Crippen LogP contribution in [0.1, 0.15) is 43.4 Å². The zero-order valence-corrected chi connectivity index (χ0v) is 13.7. The number of carbonyl (C=O) groups is 1. The zero-order valence-electron chi connectivity index (χ0n) is 13.7. The number of fused-ring (bicyclic) bond motifs is 1. The van der Waals surface area contributed by atoms with Crippen molar-refractivity contribution in [1.82, 2.24) is 15.5 Å². The van der Waals surface area contributed by atoms with Crippen LogP contribution in [-0.2, 0) is 4.79 Å². The molecule has 1 unspecified atom stereocenters. The van der Waals surface area contributed by atoms with Gasteiger partial charge in [0.15, 0.2) is 5.78 Å². The van der Waals surface area contributed by atoms with Crippen LogP contribution in [0, 0.1) is 18.3 Å². The Hall–Kier alpha value is -2.87. The molecule has 2 aliphatic rings. The minimum absolute atomic E-state index is 0.151. The molecule has 0 bridgehead atoms. The van der Waals surface area contributed by atoms with Crippen LogP contribution in [0.15, 0.2) is 40.7 Å². The number of hydrogen-bond acceptors (Lipinski definition) is 4. The lowest BCUT2D eigenvalue weighted by Gasteiger charge is -2.32. The number of aryl methyl sites for hydroxylation is 1. The molecule has 2 heterocycles. The fourth-order valence-corrected chi connectivity index (χ4v) is 3.80. The summed E-state index contributed by atoms with van der Waals surface area (Å²) in [6.07, 6.45) is 2.29. The van der Waals surface area contributed by atoms with E-state index in [-0.39, 0.29) is 11.7 Å². The van der Waals surface area contributed by atoms with Gasteiger partial charge in [-0.1, -0.05) is 6.07 Å². The summed E-state index contributed by atoms with van der Waals surface area (Å²) in [4.78, 5) is 12.6. The molecule has 1 atom stereocenters. The summed E-state index contributed by atoms with van der Waals surface area (Å²) in [5.74, 6) is -0.129. The summed E-state index contributed by atoms with van der Waals surface area (Å²) in [6.45, 7) is 3.89. The van der Waals surface area contributed by atoms with Crippen molar-refractivity contribution in [2.75, 3.05) is 0 Å². The van der Waals surface area contributed by atoms with Crippen LogP contribution < -0.4 is 5.32 Å². The maximum Gasteiger partial charge on any atom is 0.161 e. The molecule has 0 spiro atoms. The number of benzene rings is 1. The van der Waals surface area contributed by atoms with Crippen LogP contribution in [0.2, 0.25) is 0 Å². The number of nitrogens with zero attached hydrogens (tertiary/aromatic N) is 2. The molecule has 2 aromatic rings. The number of dihydropyridines is 1. The molecule has 4 rings (SSSR count). The second-order valence-electron chi connectivity index (χ2n) is 6.50. The average Bonchev–Trinajstić information content (AvgIpc) is 2.94. The lowest BCUT2D eigenvalue weighted by molar-refractivity contribution is -0.116. The first-order valence-electron chi connectivity index (χ1n) is 8.19. The normalized spacial score (nSPS) is 20.9. The van der Waals surface area contributed by atoms with E-state index >= 15 is 0 Å². The number of nitrogens with one attached hydrogen (secondary N) is 2. The first-order chi connectivity index (χ1) is 11.6. The first kappa shape index (κ1) is 14.7. The molecular weight excluding hydrogens is 300 g/mol. The number of H-pyrrole nitrogens is 1. The van der Waals surface area contributed by atoms with Gasteiger partial charge in [0.05, 0.1) is 23.1 Å². The van der Waals surface area contributed by atoms with Gasteiger partial charge < -0.3 is 5.32 Å². The van der Waals surface area contributed by atoms with Crippen LogP contribution in [0.25, 0.3) is 10.9 Å². The predicted octanol–water partition coefficient (Wildman–Crippen LogP) is 3.36. The number of ketones is 1. The Morgan fingerprint density at radius 2 is 2.12 bits per heavy atom. The Labute approximate surface area is 140 Å². The largest absolute Gasteiger partial charge is 0.361 e. The van der Waals surface area contributed by atoms with Crippen molar-refractivity contribution in [3.63, 3.8) is 0 Å². The molecule has 0 saturated heterocycles. The molecule has 2 N–H and O–H groups in total. The highest BCUT2D eigenvalue weighted by Gasteiger charge is 2.35. The fourth-order valence-electron chi connectivity index (χ4n) is 3.80. The molecule has 24 heavy (non-hydrogen) atoms. The number of Topliss-reactive ketones (excluding diaryl/α,β-unsaturated/α-hetero) is 1. The number of hydrogen-bond donors (Lipinski definition) is 2. The van der Waals surface area contributed by atoms with Gasteiger partial charge >= 0.3 is 0 Å². The second kappa shape index (κ2) is 5.34. The summed E-state index contributed by atoms with van der Waals surface area (Å²) < 4.78 is 0. The fraction of sp³-hybridized carbons (Fsp3) is 0.316. The summed E-state index contributed by atoms with van der Waals surface area (Å²) in [5.41, 5.74) is 6.09. The Morgan fingerprint density at radius 1 is 1.29 bits per heavy atom. The molecule has 1 aliphatic heterocycles. The quantitative estimate of drug-likeness (QED) is 0.844. The first-order valence-corrected chi connectivity index (χ1v) is 8.19. The monoisotopic (exact) mass is 318 g/mol. The number of aromatic amines is 1. The Bertz CT molecular complexity index is 971. The van der Waals surface area contributed by atoms with Gasteiger partial charge in [0.1, 0.15) is 0 Å². The van der Waals surface area contributed by atoms with Crippen LogP contribution in [0.5, 0.6) is 0 Å². The topological polar surface area (TPSA) is 81.6 Å². The van der Waals surface area contributed by atoms with Gasteiger partial charge in [0.25, 0.3) is 0 Å². The van der Waals surface area contributed by atoms with E-state index in [4.69, 9.17) is 0 Å². The molecule has 1 aromatic heterocycles. The van der Waals surface area contributed by atoms with Gasteiger partial charge in [-0.3, -0.25) is 9.89 Å². The summed E-state index contributed by atoms with van der Waals surface area (Å²) >= 11 is 0. The summed E-state index contributed by atoms with van der Waals surface area (Å²) in [6, 6.07) is 8.31. The van der Waals surface area contributed by atoms with Crippen molar-refractivity contribution < 1.29 is 4.79 Å². The van der Waals surface area contributed by atoms with Crippen molar-refractivity contribution in [2.45, 2.75) is 39.0 Å². The van der Waals surface area contributed by atoms with E-state index in [0.29, 0.717) is 12.0 Å². The van der Waals surface area contributed by atoms with Crippen molar-refractivity contribution in [2.24, 2.45) is 0 Å². The smallest absolute Gasteiger partial charge is 0.161 e. The highest BCUT2D eigenvalue weighted by atomic mass is 16.1. The van der Waals surface area contributed by atoms with Gasteiger partial charge in [0, 0.05) is 34.5 Å². The molecule has 0 amide bonds. The predicted molar refractivity (Wildman–Crippen MR) is 90.9 cm³/mol. The molecular formula is C19H18N4O. The van der Waals surface area contributed by atoms with Gasteiger partial charge in [-0.05, 0) is 44.4 Å². The third kappa shape index (κ3) is 2.07. The van der Waals surface area contributed by atoms with Crippen molar-refractivity contribution in [1.29, 1.82) is 5.26 Å². The lowest BCUT2D eigenvalue weighted by Crippen LogP contribution is -2.31. The Morgan fingerprint density at radius 3 is 2.92 bits per heavy atom. The van der Waals surface area contributed by atoms with Crippen molar-refractivity contribution in [3.8, 4) is 6.07 Å². The van der Waals surface area contributed by atoms with E-state index in [1.54, 1.807) is 0 Å². The van der Waals surface area contributed by atoms with E-state index < -0.39 is 0 Å². The van der Waals surface area contributed by atoms with Crippen LogP contribution in [0.3, 0.4) is 0 Å². The lowest BCUT2D eigenvalue weighted by atomic mass is 9.75. The zero-order chi connectivity index (χ0) is 16.8. The Balaban J connectivity index is 1.94. The van der Waals surface area contributed by atoms with Crippen molar-refractivity contribution in [3.05, 3.63) is 52.0 Å². The molecule has 120 valence electrons. The summed E-state index contributed by atoms with van der Waals surface area (Å²) in [5, 5.41) is 21.3. The maximum absolute atomic E-state index is 12.6. The van der Waals surface area contributed by atoms with Gasteiger partial charge in [-0.2, -0.15) is 10.4 Å². The number of aromatic nitrogens is 2. The molecule has 0 fully saturated rings. The van der Waals surface area contributed by atoms with Crippen molar-refractivity contribution >= 4 is 16.7 Å². The van der Waals surface area contributed by atoms with E-state index in [9.17, 15) is 10.1 Å². The number of rotatable bonds is 1. The second-order valence-corrected chi connectivity index (χ2v) is 6.50. The minimum Gasteiger partial charge on any atom is -0.361 e. The third-order valence-electron chi connectivity index (χ3n) is 5.00. The van der Waals surface area contributed by atoms with Gasteiger partial charge in [0.2, 0.25) is 0 Å². The van der Waals surface area contributed by atoms with E-state index in [1.807, 2.05) is 26.0 Å². The summed E-state index contributed by atoms with van der Waals surface area (Å²) in [7, 11) is 0. The van der Waals surface area contributed by atoms with E-state index in [1.165, 1.54) is 0 Å². The Kier molecular flexibility index (Phi) is 3.27. The SMILES string of the molecule is CC1=C(C#N)C(c2ccc3n[nH]c(C)c3c2)C2=C(CCCC2=O)N1. The van der Waals surface area contributed by atoms with Crippen LogP contribution >= 0.6 is 0 Å². The standard InChI is InChI=1S/C19H18N4O/c1-10-14(9-20)18(19-16(21-10)4-3-5-17(19)24)12-6-7-15-13(8-12)11(2)22-23-15/h6-8,18,21H,3-5H2,1-2H3,(H,22,23). The molecule has 5 nitrogen and oxygen atoms in total. The third-order valence-corrected chi connectivity index (χ3v) is 5.00.